The molecule has 2 aliphatic rings. The number of nitrogens with one attached hydrogen (secondary N) is 4. The first-order valence-corrected chi connectivity index (χ1v) is 8.91. The van der Waals surface area contributed by atoms with Crippen LogP contribution in [0.4, 0.5) is 0 Å². The molecule has 4 N–H and O–H groups in total. The fourth-order valence-corrected chi connectivity index (χ4v) is 3.75. The lowest BCUT2D eigenvalue weighted by Crippen LogP contribution is -3.37. The minimum atomic E-state index is -0.705. The normalized spacial score (nSPS) is 36.5. The third-order valence-corrected chi connectivity index (χ3v) is 5.29. The van der Waals surface area contributed by atoms with Crippen LogP contribution in [0.3, 0.4) is 0 Å². The molecule has 0 amide bonds. The molecule has 2 rings (SSSR count). The van der Waals surface area contributed by atoms with Crippen LogP contribution in [0.15, 0.2) is 0 Å². The number of nitrogens with zero attached hydrogens (tertiary/aromatic N) is 2. The van der Waals surface area contributed by atoms with Crippen molar-refractivity contribution >= 4 is 0 Å². The molecule has 6 unspecified atom stereocenters. The largest absolute Gasteiger partial charge is 0.632 e. The Kier molecular flexibility index (Phi) is 7.29. The molecule has 1 heterocycles. The zero-order chi connectivity index (χ0) is 17.7. The topological polar surface area (TPSA) is 125 Å². The Balaban J connectivity index is 1.82. The van der Waals surface area contributed by atoms with E-state index < -0.39 is 18.4 Å². The minimum absolute atomic E-state index is 0.0239. The molecule has 1 saturated heterocycles. The van der Waals surface area contributed by atoms with Crippen LogP contribution in [-0.4, -0.2) is 60.4 Å². The molecule has 0 radical (unpaired) electrons. The van der Waals surface area contributed by atoms with Gasteiger partial charge in [0.25, 0.3) is 0 Å². The van der Waals surface area contributed by atoms with Gasteiger partial charge in [-0.1, -0.05) is 19.3 Å². The summed E-state index contributed by atoms with van der Waals surface area (Å²) in [4.78, 5) is 12.9. The molecule has 0 spiro atoms. The average molecular weight is 346 g/mol. The molecule has 0 aromatic rings. The molecule has 0 aromatic heterocycles. The van der Waals surface area contributed by atoms with Crippen LogP contribution in [0.1, 0.15) is 39.5 Å². The van der Waals surface area contributed by atoms with E-state index in [2.05, 4.69) is 29.5 Å². The van der Waals surface area contributed by atoms with Crippen molar-refractivity contribution in [1.29, 1.82) is 0 Å². The van der Waals surface area contributed by atoms with Crippen molar-refractivity contribution in [2.45, 2.75) is 63.9 Å². The quantitative estimate of drug-likeness (QED) is 0.165. The van der Waals surface area contributed by atoms with Crippen LogP contribution in [0.25, 0.3) is 0 Å². The van der Waals surface area contributed by atoms with Gasteiger partial charge in [0.05, 0.1) is 6.42 Å². The number of nitro groups is 1. The van der Waals surface area contributed by atoms with Crippen LogP contribution >= 0.6 is 0 Å². The van der Waals surface area contributed by atoms with Crippen molar-refractivity contribution in [3.8, 4) is 0 Å². The maximum Gasteiger partial charge on any atom is 0.240 e. The van der Waals surface area contributed by atoms with E-state index in [9.17, 15) is 20.5 Å². The van der Waals surface area contributed by atoms with Gasteiger partial charge in [0, 0.05) is 24.3 Å². The second-order valence-electron chi connectivity index (χ2n) is 6.64. The number of fused-ring (bicyclic) bond motifs is 1. The lowest BCUT2D eigenvalue weighted by Gasteiger charge is -2.51. The van der Waals surface area contributed by atoms with Crippen LogP contribution in [-0.2, 0) is 0 Å². The number of hydrogen-bond acceptors (Lipinski definition) is 7. The minimum Gasteiger partial charge on any atom is -0.632 e. The van der Waals surface area contributed by atoms with Crippen molar-refractivity contribution in [2.75, 3.05) is 26.2 Å². The first-order chi connectivity index (χ1) is 11.5. The summed E-state index contributed by atoms with van der Waals surface area (Å²) in [7, 11) is 0. The number of hydrogen-bond donors (Lipinski definition) is 4. The van der Waals surface area contributed by atoms with E-state index in [1.54, 1.807) is 0 Å². The molecule has 1 saturated carbocycles. The summed E-state index contributed by atoms with van der Waals surface area (Å²) in [6.45, 7) is 7.83. The van der Waals surface area contributed by atoms with Gasteiger partial charge < -0.3 is 20.4 Å². The Hall–Kier alpha value is -0.880. The second kappa shape index (κ2) is 8.99. The third kappa shape index (κ3) is 4.60. The van der Waals surface area contributed by atoms with Crippen molar-refractivity contribution in [3.63, 3.8) is 0 Å². The predicted molar refractivity (Wildman–Crippen MR) is 88.2 cm³/mol. The molecule has 2 fully saturated rings. The second-order valence-corrected chi connectivity index (χ2v) is 6.64. The lowest BCUT2D eigenvalue weighted by atomic mass is 9.86. The highest BCUT2D eigenvalue weighted by molar-refractivity contribution is 4.82. The Morgan fingerprint density at radius 1 is 1.25 bits per heavy atom. The predicted octanol–water partition coefficient (Wildman–Crippen LogP) is -2.56. The van der Waals surface area contributed by atoms with Gasteiger partial charge >= 0.3 is 0 Å². The van der Waals surface area contributed by atoms with Gasteiger partial charge in [0.15, 0.2) is 6.04 Å². The summed E-state index contributed by atoms with van der Waals surface area (Å²) in [5.41, 5.74) is 2.71. The van der Waals surface area contributed by atoms with Crippen LogP contribution in [0.2, 0.25) is 0 Å². The zero-order valence-corrected chi connectivity index (χ0v) is 14.5. The third-order valence-electron chi connectivity index (χ3n) is 5.29. The average Bonchev–Trinajstić information content (AvgIpc) is 2.58. The molecule has 1 aliphatic heterocycles. The number of hydroxylamine groups is 3. The highest BCUT2D eigenvalue weighted by atomic mass is 16.6. The molecule has 10 nitrogen and oxygen atoms in total. The fraction of sp³-hybridized carbons (Fsp3) is 1.00. The van der Waals surface area contributed by atoms with Gasteiger partial charge in [0.1, 0.15) is 6.04 Å². The van der Waals surface area contributed by atoms with Crippen LogP contribution in [0.5, 0.6) is 0 Å². The van der Waals surface area contributed by atoms with Crippen LogP contribution < -0.4 is 21.0 Å². The molecule has 24 heavy (non-hydrogen) atoms. The zero-order valence-electron chi connectivity index (χ0n) is 14.5. The molecule has 0 aromatic carbocycles. The van der Waals surface area contributed by atoms with E-state index in [-0.39, 0.29) is 27.6 Å². The van der Waals surface area contributed by atoms with Gasteiger partial charge in [-0.25, -0.2) is 0 Å². The molecule has 0 bridgehead atoms. The molecular formula is C14H30N6O4. The van der Waals surface area contributed by atoms with E-state index in [0.717, 1.165) is 26.1 Å². The molecule has 140 valence electrons. The maximum absolute atomic E-state index is 12.6. The number of quaternary nitrogens is 2. The monoisotopic (exact) mass is 346 g/mol. The van der Waals surface area contributed by atoms with Crippen LogP contribution in [0, 0.1) is 20.5 Å². The van der Waals surface area contributed by atoms with Gasteiger partial charge in [-0.3, -0.25) is 20.6 Å². The molecule has 6 atom stereocenters. The first-order valence-electron chi connectivity index (χ1n) is 8.91. The van der Waals surface area contributed by atoms with Crippen molar-refractivity contribution in [2.24, 2.45) is 0 Å². The highest BCUT2D eigenvalue weighted by Gasteiger charge is 2.48. The van der Waals surface area contributed by atoms with Crippen molar-refractivity contribution in [3.05, 3.63) is 20.5 Å². The summed E-state index contributed by atoms with van der Waals surface area (Å²) in [5.74, 6) is 0. The van der Waals surface area contributed by atoms with E-state index in [1.807, 2.05) is 0 Å². The summed E-state index contributed by atoms with van der Waals surface area (Å²) in [6, 6.07) is -1.63. The van der Waals surface area contributed by atoms with Gasteiger partial charge in [0.2, 0.25) is 12.3 Å². The highest BCUT2D eigenvalue weighted by Crippen LogP contribution is 2.19. The lowest BCUT2D eigenvalue weighted by molar-refractivity contribution is -1.06. The summed E-state index contributed by atoms with van der Waals surface area (Å²) in [5, 5.41) is 38.6. The Labute approximate surface area is 142 Å². The fourth-order valence-electron chi connectivity index (χ4n) is 3.75. The van der Waals surface area contributed by atoms with Gasteiger partial charge in [-0.15, -0.1) is 0 Å². The molecular weight excluding hydrogens is 316 g/mol. The van der Waals surface area contributed by atoms with E-state index in [4.69, 9.17) is 0 Å². The van der Waals surface area contributed by atoms with Gasteiger partial charge in [-0.05, 0) is 26.1 Å². The summed E-state index contributed by atoms with van der Waals surface area (Å²) >= 11 is 0. The Bertz CT molecular complexity index is 411. The smallest absolute Gasteiger partial charge is 0.240 e. The van der Waals surface area contributed by atoms with E-state index >= 15 is 0 Å². The Morgan fingerprint density at radius 3 is 2.58 bits per heavy atom. The maximum atomic E-state index is 12.6. The SMILES string of the molecule is CCN(CC)CCCNC1N[NH+]([O-])C2CC([N+](=O)[O-])CCC2[NH+]1[O-]. The molecule has 1 aliphatic carbocycles. The van der Waals surface area contributed by atoms with E-state index in [0.29, 0.717) is 19.4 Å². The first kappa shape index (κ1) is 19.4. The summed E-state index contributed by atoms with van der Waals surface area (Å²) in [6.07, 6.45) is 1.23. The number of rotatable bonds is 8. The van der Waals surface area contributed by atoms with Gasteiger partial charge in [-0.2, -0.15) is 0 Å². The summed E-state index contributed by atoms with van der Waals surface area (Å²) < 4.78 is 0. The standard InChI is InChI=1S/C14H30N6O4/c1-3-17(4-2)9-5-8-15-14-16-19(22)13-10-11(20(23)24)6-7-12(13)18(14)21/h11-16,18-19H,3-10H2,1-2H3. The van der Waals surface area contributed by atoms with Crippen molar-refractivity contribution in [1.82, 2.24) is 15.6 Å². The van der Waals surface area contributed by atoms with E-state index in [1.165, 1.54) is 0 Å². The Morgan fingerprint density at radius 2 is 1.96 bits per heavy atom. The van der Waals surface area contributed by atoms with Crippen molar-refractivity contribution < 1.29 is 15.2 Å². The molecule has 10 heteroatoms.